The van der Waals surface area contributed by atoms with E-state index in [9.17, 15) is 4.79 Å². The monoisotopic (exact) mass is 247 g/mol. The number of ketones is 1. The smallest absolute Gasteiger partial charge is 0.179 e. The maximum absolute atomic E-state index is 12.4. The topological polar surface area (TPSA) is 29.5 Å². The van der Waals surface area contributed by atoms with Crippen LogP contribution < -0.4 is 0 Å². The number of rotatable bonds is 3. The third kappa shape index (κ3) is 3.18. The van der Waals surface area contributed by atoms with Crippen molar-refractivity contribution < 1.29 is 9.53 Å². The molecule has 2 atom stereocenters. The average Bonchev–Trinajstić information content (AvgIpc) is 2.63. The molecule has 1 saturated heterocycles. The molecule has 98 valence electrons. The predicted octanol–water partition coefficient (Wildman–Crippen LogP) is 2.37. The minimum absolute atomic E-state index is 0.0726. The first-order chi connectivity index (χ1) is 8.68. The van der Waals surface area contributed by atoms with Gasteiger partial charge in [0, 0.05) is 25.3 Å². The quantitative estimate of drug-likeness (QED) is 0.768. The first-order valence-corrected chi connectivity index (χ1v) is 6.63. The van der Waals surface area contributed by atoms with Crippen molar-refractivity contribution in [3.63, 3.8) is 0 Å². The largest absolute Gasteiger partial charge is 0.377 e. The summed E-state index contributed by atoms with van der Waals surface area (Å²) in [5, 5.41) is 0. The second-order valence-corrected chi connectivity index (χ2v) is 4.94. The van der Waals surface area contributed by atoms with Crippen molar-refractivity contribution in [1.82, 2.24) is 4.90 Å². The highest BCUT2D eigenvalue weighted by molar-refractivity contribution is 5.99. The molecule has 0 amide bonds. The lowest BCUT2D eigenvalue weighted by molar-refractivity contribution is 0.0581. The molecule has 0 saturated carbocycles. The van der Waals surface area contributed by atoms with Crippen LogP contribution >= 0.6 is 0 Å². The Labute approximate surface area is 109 Å². The van der Waals surface area contributed by atoms with Crippen molar-refractivity contribution in [1.29, 1.82) is 0 Å². The number of nitrogens with zero attached hydrogens (tertiary/aromatic N) is 1. The Morgan fingerprint density at radius 2 is 2.11 bits per heavy atom. The van der Waals surface area contributed by atoms with Crippen molar-refractivity contribution in [2.75, 3.05) is 19.7 Å². The van der Waals surface area contributed by atoms with Crippen LogP contribution in [0.5, 0.6) is 0 Å². The molecule has 1 aromatic rings. The van der Waals surface area contributed by atoms with Gasteiger partial charge in [-0.05, 0) is 20.3 Å². The molecule has 0 spiro atoms. The van der Waals surface area contributed by atoms with Crippen molar-refractivity contribution in [2.24, 2.45) is 0 Å². The van der Waals surface area contributed by atoms with E-state index in [-0.39, 0.29) is 17.9 Å². The first-order valence-electron chi connectivity index (χ1n) is 6.63. The van der Waals surface area contributed by atoms with Gasteiger partial charge in [0.2, 0.25) is 0 Å². The standard InChI is InChI=1S/C15H21NO2/c1-12-11-16(9-6-10-18-12)13(2)15(17)14-7-4-3-5-8-14/h3-5,7-8,12-13H,6,9-11H2,1-2H3. The zero-order valence-electron chi connectivity index (χ0n) is 11.1. The summed E-state index contributed by atoms with van der Waals surface area (Å²) < 4.78 is 5.62. The SMILES string of the molecule is CC1CN(C(C)C(=O)c2ccccc2)CCCO1. The first kappa shape index (κ1) is 13.2. The van der Waals surface area contributed by atoms with E-state index in [0.717, 1.165) is 31.7 Å². The number of hydrogen-bond donors (Lipinski definition) is 0. The van der Waals surface area contributed by atoms with Gasteiger partial charge in [-0.2, -0.15) is 0 Å². The molecule has 2 unspecified atom stereocenters. The Morgan fingerprint density at radius 1 is 1.39 bits per heavy atom. The molecule has 3 nitrogen and oxygen atoms in total. The van der Waals surface area contributed by atoms with Gasteiger partial charge < -0.3 is 4.74 Å². The molecule has 0 radical (unpaired) electrons. The molecule has 0 bridgehead atoms. The van der Waals surface area contributed by atoms with Gasteiger partial charge in [-0.3, -0.25) is 9.69 Å². The fourth-order valence-corrected chi connectivity index (χ4v) is 2.39. The molecule has 1 aromatic carbocycles. The van der Waals surface area contributed by atoms with E-state index in [1.54, 1.807) is 0 Å². The number of hydrogen-bond acceptors (Lipinski definition) is 3. The Morgan fingerprint density at radius 3 is 2.83 bits per heavy atom. The fourth-order valence-electron chi connectivity index (χ4n) is 2.39. The third-order valence-corrected chi connectivity index (χ3v) is 3.47. The maximum atomic E-state index is 12.4. The second kappa shape index (κ2) is 6.12. The molecule has 1 aliphatic rings. The summed E-state index contributed by atoms with van der Waals surface area (Å²) in [5.74, 6) is 0.199. The van der Waals surface area contributed by atoms with Gasteiger partial charge in [0.1, 0.15) is 0 Å². The van der Waals surface area contributed by atoms with Crippen LogP contribution in [-0.2, 0) is 4.74 Å². The highest BCUT2D eigenvalue weighted by Gasteiger charge is 2.25. The molecule has 1 aliphatic heterocycles. The van der Waals surface area contributed by atoms with E-state index in [1.807, 2.05) is 37.3 Å². The van der Waals surface area contributed by atoms with Crippen LogP contribution in [0.4, 0.5) is 0 Å². The summed E-state index contributed by atoms with van der Waals surface area (Å²) in [7, 11) is 0. The van der Waals surface area contributed by atoms with E-state index in [4.69, 9.17) is 4.74 Å². The van der Waals surface area contributed by atoms with Gasteiger partial charge in [-0.1, -0.05) is 30.3 Å². The predicted molar refractivity (Wildman–Crippen MR) is 71.8 cm³/mol. The van der Waals surface area contributed by atoms with Crippen molar-refractivity contribution in [3.05, 3.63) is 35.9 Å². The van der Waals surface area contributed by atoms with Gasteiger partial charge in [0.15, 0.2) is 5.78 Å². The summed E-state index contributed by atoms with van der Waals surface area (Å²) in [4.78, 5) is 14.6. The molecule has 2 rings (SSSR count). The normalized spacial score (nSPS) is 23.3. The van der Waals surface area contributed by atoms with Crippen LogP contribution in [0.25, 0.3) is 0 Å². The van der Waals surface area contributed by atoms with E-state index in [1.165, 1.54) is 0 Å². The molecular weight excluding hydrogens is 226 g/mol. The Hall–Kier alpha value is -1.19. The van der Waals surface area contributed by atoms with Crippen LogP contribution in [0.3, 0.4) is 0 Å². The minimum atomic E-state index is -0.0726. The Kier molecular flexibility index (Phi) is 4.50. The average molecular weight is 247 g/mol. The Bertz CT molecular complexity index is 391. The van der Waals surface area contributed by atoms with Crippen LogP contribution in [0.1, 0.15) is 30.6 Å². The fraction of sp³-hybridized carbons (Fsp3) is 0.533. The Balaban J connectivity index is 2.06. The van der Waals surface area contributed by atoms with Crippen molar-refractivity contribution >= 4 is 5.78 Å². The molecule has 1 fully saturated rings. The summed E-state index contributed by atoms with van der Waals surface area (Å²) in [5.41, 5.74) is 0.794. The van der Waals surface area contributed by atoms with Crippen LogP contribution in [0.2, 0.25) is 0 Å². The van der Waals surface area contributed by atoms with E-state index in [2.05, 4.69) is 11.8 Å². The summed E-state index contributed by atoms with van der Waals surface area (Å²) in [6, 6.07) is 9.45. The maximum Gasteiger partial charge on any atom is 0.179 e. The molecule has 0 N–H and O–H groups in total. The number of benzene rings is 1. The number of carbonyl (C=O) groups is 1. The lowest BCUT2D eigenvalue weighted by Gasteiger charge is -2.27. The molecular formula is C15H21NO2. The van der Waals surface area contributed by atoms with Gasteiger partial charge in [-0.15, -0.1) is 0 Å². The highest BCUT2D eigenvalue weighted by Crippen LogP contribution is 2.13. The van der Waals surface area contributed by atoms with Crippen molar-refractivity contribution in [3.8, 4) is 0 Å². The van der Waals surface area contributed by atoms with Gasteiger partial charge in [0.25, 0.3) is 0 Å². The lowest BCUT2D eigenvalue weighted by Crippen LogP contribution is -2.42. The highest BCUT2D eigenvalue weighted by atomic mass is 16.5. The summed E-state index contributed by atoms with van der Waals surface area (Å²) in [6.45, 7) is 6.62. The van der Waals surface area contributed by atoms with Crippen LogP contribution in [0, 0.1) is 0 Å². The zero-order valence-corrected chi connectivity index (χ0v) is 11.1. The van der Waals surface area contributed by atoms with Crippen LogP contribution in [0.15, 0.2) is 30.3 Å². The van der Waals surface area contributed by atoms with Gasteiger partial charge >= 0.3 is 0 Å². The second-order valence-electron chi connectivity index (χ2n) is 4.94. The van der Waals surface area contributed by atoms with E-state index in [0.29, 0.717) is 0 Å². The summed E-state index contributed by atoms with van der Waals surface area (Å²) in [6.07, 6.45) is 1.20. The molecule has 18 heavy (non-hydrogen) atoms. The summed E-state index contributed by atoms with van der Waals surface area (Å²) >= 11 is 0. The zero-order chi connectivity index (χ0) is 13.0. The molecule has 1 heterocycles. The number of Topliss-reactive ketones (excluding diaryl/α,β-unsaturated/α-hetero) is 1. The minimum Gasteiger partial charge on any atom is -0.377 e. The van der Waals surface area contributed by atoms with Crippen LogP contribution in [-0.4, -0.2) is 42.5 Å². The lowest BCUT2D eigenvalue weighted by atomic mass is 10.0. The third-order valence-electron chi connectivity index (χ3n) is 3.47. The van der Waals surface area contributed by atoms with Crippen molar-refractivity contribution in [2.45, 2.75) is 32.4 Å². The molecule has 0 aromatic heterocycles. The van der Waals surface area contributed by atoms with E-state index < -0.39 is 0 Å². The number of ether oxygens (including phenoxy) is 1. The van der Waals surface area contributed by atoms with Gasteiger partial charge in [0.05, 0.1) is 12.1 Å². The number of carbonyl (C=O) groups excluding carboxylic acids is 1. The molecule has 3 heteroatoms. The molecule has 0 aliphatic carbocycles. The van der Waals surface area contributed by atoms with E-state index >= 15 is 0 Å². The van der Waals surface area contributed by atoms with Gasteiger partial charge in [-0.25, -0.2) is 0 Å².